The summed E-state index contributed by atoms with van der Waals surface area (Å²) in [6.07, 6.45) is 30.0. The van der Waals surface area contributed by atoms with Gasteiger partial charge in [0.25, 0.3) is 10.1 Å². The zero-order valence-electron chi connectivity index (χ0n) is 22.5. The molecule has 1 amide bonds. The normalized spacial score (nSPS) is 11.7. The van der Waals surface area contributed by atoms with E-state index in [0.717, 1.165) is 12.8 Å². The Morgan fingerprint density at radius 1 is 0.559 bits per heavy atom. The van der Waals surface area contributed by atoms with Crippen molar-refractivity contribution in [2.45, 2.75) is 161 Å². The molecule has 0 aromatic heterocycles. The molecule has 2 N–H and O–H groups in total. The van der Waals surface area contributed by atoms with E-state index >= 15 is 0 Å². The molecule has 0 saturated heterocycles. The van der Waals surface area contributed by atoms with Gasteiger partial charge in [0, 0.05) is 13.0 Å². The fourth-order valence-electron chi connectivity index (χ4n) is 4.44. The van der Waals surface area contributed by atoms with Gasteiger partial charge < -0.3 is 5.32 Å². The van der Waals surface area contributed by atoms with Crippen molar-refractivity contribution in [2.75, 3.05) is 12.3 Å². The number of amides is 1. The third kappa shape index (κ3) is 29.4. The second-order valence-corrected chi connectivity index (χ2v) is 11.7. The SMILES string of the molecule is CCCCCCCCCCCCCCCCCCCCCCCC(=O)NCCCCS(=O)(=O)O. The highest BCUT2D eigenvalue weighted by atomic mass is 32.2. The van der Waals surface area contributed by atoms with Gasteiger partial charge in [-0.15, -0.1) is 0 Å². The first-order chi connectivity index (χ1) is 16.5. The van der Waals surface area contributed by atoms with E-state index in [1.807, 2.05) is 0 Å². The van der Waals surface area contributed by atoms with Gasteiger partial charge in [-0.3, -0.25) is 9.35 Å². The van der Waals surface area contributed by atoms with Crippen LogP contribution in [0.15, 0.2) is 0 Å². The highest BCUT2D eigenvalue weighted by Crippen LogP contribution is 2.15. The Balaban J connectivity index is 3.15. The van der Waals surface area contributed by atoms with Crippen LogP contribution in [-0.4, -0.2) is 31.2 Å². The Bertz CT molecular complexity index is 537. The molecule has 0 heterocycles. The van der Waals surface area contributed by atoms with Crippen molar-refractivity contribution in [3.05, 3.63) is 0 Å². The van der Waals surface area contributed by atoms with E-state index in [0.29, 0.717) is 25.8 Å². The zero-order chi connectivity index (χ0) is 25.2. The maximum absolute atomic E-state index is 11.7. The van der Waals surface area contributed by atoms with Crippen LogP contribution >= 0.6 is 0 Å². The summed E-state index contributed by atoms with van der Waals surface area (Å²) in [6, 6.07) is 0. The molecule has 0 aromatic rings. The standard InChI is InChI=1S/C28H57NO4S/c1-2-3-4-5-6-7-8-9-10-11-12-13-14-15-16-17-18-19-20-21-22-25-28(30)29-26-23-24-27-34(31,32)33/h2-27H2,1H3,(H,29,30)(H,31,32,33). The molecule has 204 valence electrons. The van der Waals surface area contributed by atoms with Gasteiger partial charge in [-0.1, -0.05) is 135 Å². The molecule has 6 heteroatoms. The average Bonchev–Trinajstić information content (AvgIpc) is 2.79. The number of nitrogens with one attached hydrogen (secondary N) is 1. The minimum absolute atomic E-state index is 0.0460. The minimum atomic E-state index is -3.88. The first-order valence-corrected chi connectivity index (χ1v) is 16.3. The van der Waals surface area contributed by atoms with Crippen molar-refractivity contribution in [1.29, 1.82) is 0 Å². The fraction of sp³-hybridized carbons (Fsp3) is 0.964. The topological polar surface area (TPSA) is 83.5 Å². The van der Waals surface area contributed by atoms with Gasteiger partial charge in [0.15, 0.2) is 0 Å². The first kappa shape index (κ1) is 33.4. The van der Waals surface area contributed by atoms with E-state index in [1.54, 1.807) is 0 Å². The van der Waals surface area contributed by atoms with Crippen LogP contribution in [0.5, 0.6) is 0 Å². The number of unbranched alkanes of at least 4 members (excludes halogenated alkanes) is 21. The van der Waals surface area contributed by atoms with Crippen molar-refractivity contribution in [1.82, 2.24) is 5.32 Å². The fourth-order valence-corrected chi connectivity index (χ4v) is 5.01. The predicted molar refractivity (Wildman–Crippen MR) is 146 cm³/mol. The van der Waals surface area contributed by atoms with Crippen molar-refractivity contribution in [3.8, 4) is 0 Å². The van der Waals surface area contributed by atoms with Gasteiger partial charge in [-0.05, 0) is 19.3 Å². The van der Waals surface area contributed by atoms with Crippen molar-refractivity contribution < 1.29 is 17.8 Å². The molecular formula is C28H57NO4S. The van der Waals surface area contributed by atoms with Gasteiger partial charge >= 0.3 is 0 Å². The number of carbonyl (C=O) groups is 1. The summed E-state index contributed by atoms with van der Waals surface area (Å²) < 4.78 is 29.9. The van der Waals surface area contributed by atoms with Gasteiger partial charge in [-0.2, -0.15) is 8.42 Å². The van der Waals surface area contributed by atoms with Crippen LogP contribution in [0.1, 0.15) is 161 Å². The monoisotopic (exact) mass is 503 g/mol. The Morgan fingerprint density at radius 3 is 1.26 bits per heavy atom. The maximum atomic E-state index is 11.7. The summed E-state index contributed by atoms with van der Waals surface area (Å²) in [5.41, 5.74) is 0. The molecule has 0 rings (SSSR count). The van der Waals surface area contributed by atoms with Gasteiger partial charge in [0.1, 0.15) is 0 Å². The number of carbonyl (C=O) groups excluding carboxylic acids is 1. The van der Waals surface area contributed by atoms with E-state index in [2.05, 4.69) is 12.2 Å². The maximum Gasteiger partial charge on any atom is 0.264 e. The molecule has 0 aliphatic carbocycles. The Labute approximate surface area is 212 Å². The van der Waals surface area contributed by atoms with Crippen molar-refractivity contribution >= 4 is 16.0 Å². The van der Waals surface area contributed by atoms with Gasteiger partial charge in [-0.25, -0.2) is 0 Å². The third-order valence-electron chi connectivity index (χ3n) is 6.66. The molecule has 0 fully saturated rings. The van der Waals surface area contributed by atoms with Crippen LogP contribution in [0.3, 0.4) is 0 Å². The molecule has 0 bridgehead atoms. The molecule has 0 radical (unpaired) electrons. The van der Waals surface area contributed by atoms with Crippen LogP contribution in [-0.2, 0) is 14.9 Å². The van der Waals surface area contributed by atoms with E-state index < -0.39 is 10.1 Å². The molecule has 0 spiro atoms. The van der Waals surface area contributed by atoms with Crippen LogP contribution < -0.4 is 5.32 Å². The molecule has 0 aromatic carbocycles. The number of rotatable bonds is 27. The quantitative estimate of drug-likeness (QED) is 0.0871. The average molecular weight is 504 g/mol. The van der Waals surface area contributed by atoms with Crippen molar-refractivity contribution in [2.24, 2.45) is 0 Å². The lowest BCUT2D eigenvalue weighted by Crippen LogP contribution is -2.24. The van der Waals surface area contributed by atoms with Crippen LogP contribution in [0.2, 0.25) is 0 Å². The summed E-state index contributed by atoms with van der Waals surface area (Å²) in [7, 11) is -3.88. The summed E-state index contributed by atoms with van der Waals surface area (Å²) in [5.74, 6) is -0.188. The molecular weight excluding hydrogens is 446 g/mol. The summed E-state index contributed by atoms with van der Waals surface area (Å²) in [5, 5.41) is 2.82. The molecule has 34 heavy (non-hydrogen) atoms. The predicted octanol–water partition coefficient (Wildman–Crippen LogP) is 8.37. The van der Waals surface area contributed by atoms with Crippen LogP contribution in [0.25, 0.3) is 0 Å². The Kier molecular flexibility index (Phi) is 25.0. The lowest BCUT2D eigenvalue weighted by molar-refractivity contribution is -0.121. The molecule has 5 nitrogen and oxygen atoms in total. The lowest BCUT2D eigenvalue weighted by atomic mass is 10.0. The van der Waals surface area contributed by atoms with E-state index in [-0.39, 0.29) is 11.7 Å². The molecule has 0 unspecified atom stereocenters. The van der Waals surface area contributed by atoms with E-state index in [9.17, 15) is 13.2 Å². The third-order valence-corrected chi connectivity index (χ3v) is 7.46. The van der Waals surface area contributed by atoms with E-state index in [1.165, 1.54) is 122 Å². The Morgan fingerprint density at radius 2 is 0.912 bits per heavy atom. The number of hydrogen-bond donors (Lipinski definition) is 2. The first-order valence-electron chi connectivity index (χ1n) is 14.7. The molecule has 0 aliphatic heterocycles. The van der Waals surface area contributed by atoms with E-state index in [4.69, 9.17) is 4.55 Å². The minimum Gasteiger partial charge on any atom is -0.356 e. The largest absolute Gasteiger partial charge is 0.356 e. The van der Waals surface area contributed by atoms with Crippen molar-refractivity contribution in [3.63, 3.8) is 0 Å². The lowest BCUT2D eigenvalue weighted by Gasteiger charge is -2.05. The summed E-state index contributed by atoms with van der Waals surface area (Å²) in [4.78, 5) is 11.7. The number of hydrogen-bond acceptors (Lipinski definition) is 3. The molecule has 0 aliphatic rings. The Hall–Kier alpha value is -0.620. The van der Waals surface area contributed by atoms with Crippen LogP contribution in [0, 0.1) is 0 Å². The highest BCUT2D eigenvalue weighted by molar-refractivity contribution is 7.85. The zero-order valence-corrected chi connectivity index (χ0v) is 23.3. The highest BCUT2D eigenvalue weighted by Gasteiger charge is 2.04. The van der Waals surface area contributed by atoms with Gasteiger partial charge in [0.05, 0.1) is 5.75 Å². The smallest absolute Gasteiger partial charge is 0.264 e. The second kappa shape index (κ2) is 25.5. The van der Waals surface area contributed by atoms with Crippen LogP contribution in [0.4, 0.5) is 0 Å². The second-order valence-electron chi connectivity index (χ2n) is 10.2. The van der Waals surface area contributed by atoms with Gasteiger partial charge in [0.2, 0.25) is 5.91 Å². The molecule has 0 saturated carbocycles. The summed E-state index contributed by atoms with van der Waals surface area (Å²) >= 11 is 0. The summed E-state index contributed by atoms with van der Waals surface area (Å²) in [6.45, 7) is 2.76. The molecule has 0 atom stereocenters.